The SMILES string of the molecule is O=[N+]([O-])O.O=[N+]([O-])O.O=[N+]([O-])[O-].O=[N+]([O-])[O-].O=[N+]([O-])[O-].O=[N+]([O-])[O-].O=[N+]([O-])[O-].O=[N+]([O-])[O-].[Pt+2].[Pt+2].[Pt+2]. The first-order valence-corrected chi connectivity index (χ1v) is 4.42. The summed E-state index contributed by atoms with van der Waals surface area (Å²) < 4.78 is 0. The topological polar surface area (TPSA) is 524 Å². The van der Waals surface area contributed by atoms with E-state index >= 15 is 0 Å². The van der Waals surface area contributed by atoms with E-state index < -0.39 is 40.7 Å². The molecule has 0 heterocycles. The maximum atomic E-state index is 8.36. The van der Waals surface area contributed by atoms with Crippen LogP contribution in [0.3, 0.4) is 0 Å². The van der Waals surface area contributed by atoms with Crippen molar-refractivity contribution < 1.29 is 114 Å². The van der Waals surface area contributed by atoms with Gasteiger partial charge in [-0.2, -0.15) is 0 Å². The normalized spacial score (nSPS) is 5.49. The second-order valence-corrected chi connectivity index (χ2v) is 1.82. The Balaban J connectivity index is -0.0000000206. The Kier molecular flexibility index (Phi) is 126. The van der Waals surface area contributed by atoms with Gasteiger partial charge in [0.25, 0.3) is 10.2 Å². The molecule has 0 aliphatic carbocycles. The first-order chi connectivity index (χ1) is 13.9. The largest absolute Gasteiger partial charge is 2.00 e. The summed E-state index contributed by atoms with van der Waals surface area (Å²) in [5, 5.41) is 116. The maximum Gasteiger partial charge on any atom is 2.00 e. The van der Waals surface area contributed by atoms with Gasteiger partial charge in [-0.3, -0.25) is 0 Å². The van der Waals surface area contributed by atoms with Crippen LogP contribution in [0.5, 0.6) is 0 Å². The molecule has 0 amide bonds. The molecule has 35 heteroatoms. The molecule has 0 aliphatic heterocycles. The number of rotatable bonds is 0. The minimum absolute atomic E-state index is 0. The van der Waals surface area contributed by atoms with Crippen LogP contribution in [0.2, 0.25) is 0 Å². The van der Waals surface area contributed by atoms with Crippen molar-refractivity contribution in [2.75, 3.05) is 0 Å². The first kappa shape index (κ1) is 69.8. The van der Waals surface area contributed by atoms with Gasteiger partial charge in [0.05, 0.1) is 30.5 Å². The summed E-state index contributed by atoms with van der Waals surface area (Å²) in [6.45, 7) is 0. The molecule has 0 unspecified atom stereocenters. The Morgan fingerprint density at radius 1 is 0.286 bits per heavy atom. The average Bonchev–Trinajstić information content (AvgIpc) is 2.30. The fraction of sp³-hybridized carbons (Fsp3) is 0. The standard InChI is InChI=1S/2HNO3.6NO3.3Pt/c8*2-1(3)4;;;/h2*(H,2,3,4);;;;;;;;;/q;;6*-1;3*+2. The Labute approximate surface area is 226 Å². The predicted octanol–water partition coefficient (Wildman–Crippen LogP) is -2.14. The van der Waals surface area contributed by atoms with E-state index in [2.05, 4.69) is 0 Å². The molecular formula is H2N8O24Pt3. The molecule has 0 aromatic heterocycles. The third-order valence-electron chi connectivity index (χ3n) is 0. The molecule has 0 rings (SSSR count). The third kappa shape index (κ3) is 1210. The Bertz CT molecular complexity index is 369. The van der Waals surface area contributed by atoms with Crippen molar-refractivity contribution in [1.82, 2.24) is 0 Å². The van der Waals surface area contributed by atoms with Crippen molar-refractivity contribution >= 4 is 0 Å². The molecule has 0 bridgehead atoms. The van der Waals surface area contributed by atoms with Gasteiger partial charge >= 0.3 is 63.2 Å². The zero-order valence-electron chi connectivity index (χ0n) is 14.4. The van der Waals surface area contributed by atoms with Gasteiger partial charge in [0.2, 0.25) is 0 Å². The monoisotopic (exact) mass is 1080 g/mol. The van der Waals surface area contributed by atoms with Crippen molar-refractivity contribution in [3.8, 4) is 0 Å². The van der Waals surface area contributed by atoms with E-state index in [4.69, 9.17) is 123 Å². The minimum Gasteiger partial charge on any atom is -0.356 e. The molecule has 0 aromatic rings. The minimum atomic E-state index is -1.75. The van der Waals surface area contributed by atoms with Gasteiger partial charge in [-0.25, -0.2) is 0 Å². The second-order valence-electron chi connectivity index (χ2n) is 1.82. The van der Waals surface area contributed by atoms with Crippen molar-refractivity contribution in [2.45, 2.75) is 0 Å². The molecule has 35 heavy (non-hydrogen) atoms. The molecule has 0 radical (unpaired) electrons. The molecule has 0 aromatic carbocycles. The molecule has 216 valence electrons. The van der Waals surface area contributed by atoms with Crippen LogP contribution < -0.4 is 0 Å². The second kappa shape index (κ2) is 63.0. The fourth-order valence-electron chi connectivity index (χ4n) is 0. The summed E-state index contributed by atoms with van der Waals surface area (Å²) in [5.74, 6) is 0. The van der Waals surface area contributed by atoms with Crippen LogP contribution in [0.4, 0.5) is 0 Å². The van der Waals surface area contributed by atoms with Crippen LogP contribution in [0.25, 0.3) is 0 Å². The zero-order valence-corrected chi connectivity index (χ0v) is 21.2. The van der Waals surface area contributed by atoms with Crippen LogP contribution >= 0.6 is 0 Å². The van der Waals surface area contributed by atoms with Gasteiger partial charge in [0, 0.05) is 0 Å². The third-order valence-corrected chi connectivity index (χ3v) is 0. The van der Waals surface area contributed by atoms with Gasteiger partial charge in [0.15, 0.2) is 0 Å². The maximum absolute atomic E-state index is 8.36. The van der Waals surface area contributed by atoms with Crippen LogP contribution in [0.15, 0.2) is 0 Å². The summed E-state index contributed by atoms with van der Waals surface area (Å²) >= 11 is 0. The predicted molar refractivity (Wildman–Crippen MR) is 79.7 cm³/mol. The Morgan fingerprint density at radius 3 is 0.286 bits per heavy atom. The van der Waals surface area contributed by atoms with E-state index in [-0.39, 0.29) is 63.2 Å². The molecule has 0 atom stereocenters. The molecular weight excluding hydrogens is 1080 g/mol. The first-order valence-electron chi connectivity index (χ1n) is 4.42. The van der Waals surface area contributed by atoms with E-state index in [1.807, 2.05) is 0 Å². The summed E-state index contributed by atoms with van der Waals surface area (Å²) in [5.41, 5.74) is 0. The van der Waals surface area contributed by atoms with Crippen molar-refractivity contribution in [3.05, 3.63) is 112 Å². The molecule has 0 saturated carbocycles. The van der Waals surface area contributed by atoms with Crippen LogP contribution in [0, 0.1) is 112 Å². The summed E-state index contributed by atoms with van der Waals surface area (Å²) in [7, 11) is 0. The van der Waals surface area contributed by atoms with Gasteiger partial charge < -0.3 is 102 Å². The molecule has 0 spiro atoms. The molecule has 0 fully saturated rings. The number of hydrogen-bond donors (Lipinski definition) is 2. The molecule has 0 aliphatic rings. The van der Waals surface area contributed by atoms with E-state index in [0.29, 0.717) is 0 Å². The summed E-state index contributed by atoms with van der Waals surface area (Å²) in [6.07, 6.45) is 0. The molecule has 0 saturated heterocycles. The van der Waals surface area contributed by atoms with Gasteiger partial charge in [-0.05, 0) is 0 Å². The van der Waals surface area contributed by atoms with E-state index in [9.17, 15) is 0 Å². The van der Waals surface area contributed by atoms with Crippen molar-refractivity contribution in [2.24, 2.45) is 0 Å². The number of nitrogens with zero attached hydrogens (tertiary/aromatic N) is 8. The smallest absolute Gasteiger partial charge is 0.356 e. The van der Waals surface area contributed by atoms with Crippen LogP contribution in [0.1, 0.15) is 0 Å². The van der Waals surface area contributed by atoms with Crippen LogP contribution in [-0.4, -0.2) is 51.1 Å². The molecule has 32 nitrogen and oxygen atoms in total. The average molecular weight is 1080 g/mol. The van der Waals surface area contributed by atoms with E-state index in [0.717, 1.165) is 0 Å². The van der Waals surface area contributed by atoms with Crippen molar-refractivity contribution in [3.63, 3.8) is 0 Å². The van der Waals surface area contributed by atoms with Gasteiger partial charge in [0.1, 0.15) is 0 Å². The Morgan fingerprint density at radius 2 is 0.286 bits per heavy atom. The quantitative estimate of drug-likeness (QED) is 0.193. The summed E-state index contributed by atoms with van der Waals surface area (Å²) in [4.78, 5) is 66.2. The van der Waals surface area contributed by atoms with Gasteiger partial charge in [-0.1, -0.05) is 0 Å². The fourth-order valence-corrected chi connectivity index (χ4v) is 0. The summed E-state index contributed by atoms with van der Waals surface area (Å²) in [6, 6.07) is 0. The van der Waals surface area contributed by atoms with E-state index in [1.54, 1.807) is 0 Å². The van der Waals surface area contributed by atoms with Crippen LogP contribution in [-0.2, 0) is 63.2 Å². The van der Waals surface area contributed by atoms with Crippen molar-refractivity contribution in [1.29, 1.82) is 0 Å². The number of hydrogen-bond acceptors (Lipinski definition) is 22. The molecule has 2 N–H and O–H groups in total. The Hall–Kier alpha value is -4.34. The van der Waals surface area contributed by atoms with Gasteiger partial charge in [-0.15, -0.1) is 20.2 Å². The van der Waals surface area contributed by atoms with E-state index in [1.165, 1.54) is 0 Å². The zero-order chi connectivity index (χ0) is 28.6.